The minimum absolute atomic E-state index is 0.0781. The molecular formula is C31H29Cl2F3N4O2. The zero-order chi connectivity index (χ0) is 30.0. The standard InChI is InChI=1S/C31H29Cl2F3N4O2/c1-39-26-10-6-5-9-22(26)28(40-15-13-21(14-16-40)31(34,35)36)37-27(30(39)42)38-29(41)23(20-7-3-2-4-8-20)17-19-11-12-24(32)25(33)18-19/h2-12,18,21,23,27H,13-17H2,1H3,(H,38,41). The summed E-state index contributed by atoms with van der Waals surface area (Å²) in [4.78, 5) is 35.5. The lowest BCUT2D eigenvalue weighted by Crippen LogP contribution is -2.48. The summed E-state index contributed by atoms with van der Waals surface area (Å²) in [6.45, 7) is 0.250. The first-order chi connectivity index (χ1) is 20.0. The van der Waals surface area contributed by atoms with Gasteiger partial charge < -0.3 is 15.1 Å². The highest BCUT2D eigenvalue weighted by Crippen LogP contribution is 2.36. The van der Waals surface area contributed by atoms with Crippen LogP contribution in [-0.4, -0.2) is 55.0 Å². The van der Waals surface area contributed by atoms with Crippen LogP contribution in [-0.2, 0) is 16.0 Å². The highest BCUT2D eigenvalue weighted by molar-refractivity contribution is 6.42. The highest BCUT2D eigenvalue weighted by Gasteiger charge is 2.42. The minimum atomic E-state index is -4.26. The summed E-state index contributed by atoms with van der Waals surface area (Å²) in [7, 11) is 1.60. The number of aliphatic imine (C=N–C) groups is 1. The number of piperidine rings is 1. The van der Waals surface area contributed by atoms with Crippen molar-refractivity contribution < 1.29 is 22.8 Å². The van der Waals surface area contributed by atoms with Crippen molar-refractivity contribution in [1.29, 1.82) is 0 Å². The third kappa shape index (κ3) is 6.42. The number of hydrogen-bond donors (Lipinski definition) is 1. The Morgan fingerprint density at radius 2 is 1.67 bits per heavy atom. The van der Waals surface area contributed by atoms with Crippen molar-refractivity contribution in [3.8, 4) is 0 Å². The highest BCUT2D eigenvalue weighted by atomic mass is 35.5. The van der Waals surface area contributed by atoms with Gasteiger partial charge >= 0.3 is 6.18 Å². The van der Waals surface area contributed by atoms with E-state index < -0.39 is 36.0 Å². The Hall–Kier alpha value is -3.56. The molecule has 3 aromatic carbocycles. The molecule has 0 bridgehead atoms. The van der Waals surface area contributed by atoms with Gasteiger partial charge in [0.25, 0.3) is 5.91 Å². The van der Waals surface area contributed by atoms with Crippen LogP contribution in [0.1, 0.15) is 35.4 Å². The van der Waals surface area contributed by atoms with Gasteiger partial charge in [0, 0.05) is 25.7 Å². The number of benzene rings is 3. The number of fused-ring (bicyclic) bond motifs is 1. The number of alkyl halides is 3. The summed E-state index contributed by atoms with van der Waals surface area (Å²) >= 11 is 12.3. The monoisotopic (exact) mass is 616 g/mol. The van der Waals surface area contributed by atoms with Crippen LogP contribution in [0.4, 0.5) is 18.9 Å². The summed E-state index contributed by atoms with van der Waals surface area (Å²) in [5.74, 6) is -2.58. The Kier molecular flexibility index (Phi) is 8.80. The molecule has 2 heterocycles. The van der Waals surface area contributed by atoms with Crippen LogP contribution in [0.3, 0.4) is 0 Å². The molecule has 2 atom stereocenters. The van der Waals surface area contributed by atoms with Gasteiger partial charge in [0.15, 0.2) is 0 Å². The fourth-order valence-corrected chi connectivity index (χ4v) is 5.77. The minimum Gasteiger partial charge on any atom is -0.356 e. The van der Waals surface area contributed by atoms with Crippen LogP contribution < -0.4 is 10.2 Å². The molecule has 1 fully saturated rings. The number of benzodiazepines with no additional fused rings is 1. The maximum absolute atomic E-state index is 13.9. The molecule has 0 radical (unpaired) electrons. The Morgan fingerprint density at radius 3 is 2.33 bits per heavy atom. The molecule has 220 valence electrons. The summed E-state index contributed by atoms with van der Waals surface area (Å²) < 4.78 is 40.1. The maximum atomic E-state index is 13.9. The van der Waals surface area contributed by atoms with Crippen molar-refractivity contribution in [2.45, 2.75) is 37.5 Å². The van der Waals surface area contributed by atoms with Crippen molar-refractivity contribution >= 4 is 46.5 Å². The predicted molar refractivity (Wildman–Crippen MR) is 158 cm³/mol. The van der Waals surface area contributed by atoms with Crippen molar-refractivity contribution in [3.63, 3.8) is 0 Å². The predicted octanol–water partition coefficient (Wildman–Crippen LogP) is 6.46. The maximum Gasteiger partial charge on any atom is 0.391 e. The molecule has 5 rings (SSSR count). The molecule has 2 amide bonds. The fourth-order valence-electron chi connectivity index (χ4n) is 5.45. The van der Waals surface area contributed by atoms with Gasteiger partial charge in [0.05, 0.1) is 27.6 Å². The lowest BCUT2D eigenvalue weighted by Gasteiger charge is -2.35. The molecular weight excluding hydrogens is 588 g/mol. The van der Waals surface area contributed by atoms with E-state index in [4.69, 9.17) is 28.2 Å². The van der Waals surface area contributed by atoms with E-state index in [1.165, 1.54) is 4.90 Å². The van der Waals surface area contributed by atoms with Crippen LogP contribution in [0.5, 0.6) is 0 Å². The number of nitrogens with one attached hydrogen (secondary N) is 1. The van der Waals surface area contributed by atoms with Gasteiger partial charge in [-0.1, -0.05) is 71.7 Å². The molecule has 0 saturated carbocycles. The number of anilines is 1. The smallest absolute Gasteiger partial charge is 0.356 e. The third-order valence-corrected chi connectivity index (χ3v) is 8.54. The van der Waals surface area contributed by atoms with E-state index in [0.717, 1.165) is 11.1 Å². The first-order valence-electron chi connectivity index (χ1n) is 13.6. The van der Waals surface area contributed by atoms with E-state index >= 15 is 0 Å². The van der Waals surface area contributed by atoms with Crippen molar-refractivity contribution in [2.24, 2.45) is 10.9 Å². The van der Waals surface area contributed by atoms with E-state index in [9.17, 15) is 22.8 Å². The van der Waals surface area contributed by atoms with Crippen LogP contribution in [0.2, 0.25) is 10.0 Å². The normalized spacial score (nSPS) is 18.7. The third-order valence-electron chi connectivity index (χ3n) is 7.80. The number of carbonyl (C=O) groups excluding carboxylic acids is 2. The lowest BCUT2D eigenvalue weighted by molar-refractivity contribution is -0.183. The van der Waals surface area contributed by atoms with E-state index in [2.05, 4.69) is 5.32 Å². The van der Waals surface area contributed by atoms with Gasteiger partial charge in [-0.2, -0.15) is 13.2 Å². The van der Waals surface area contributed by atoms with Crippen molar-refractivity contribution in [2.75, 3.05) is 25.0 Å². The van der Waals surface area contributed by atoms with Crippen molar-refractivity contribution in [1.82, 2.24) is 10.2 Å². The van der Waals surface area contributed by atoms with Gasteiger partial charge in [-0.3, -0.25) is 9.59 Å². The van der Waals surface area contributed by atoms with E-state index in [-0.39, 0.29) is 32.4 Å². The largest absolute Gasteiger partial charge is 0.391 e. The van der Waals surface area contributed by atoms with Gasteiger partial charge in [-0.25, -0.2) is 4.99 Å². The summed E-state index contributed by atoms with van der Waals surface area (Å²) in [5.41, 5.74) is 2.69. The lowest BCUT2D eigenvalue weighted by atomic mass is 9.91. The van der Waals surface area contributed by atoms with Crippen LogP contribution in [0.25, 0.3) is 0 Å². The van der Waals surface area contributed by atoms with Gasteiger partial charge in [-0.05, 0) is 54.7 Å². The van der Waals surface area contributed by atoms with Crippen LogP contribution >= 0.6 is 23.2 Å². The average Bonchev–Trinajstić information content (AvgIpc) is 3.08. The number of likely N-dealkylation sites (N-methyl/N-ethyl adjacent to an activating group) is 1. The summed E-state index contributed by atoms with van der Waals surface area (Å²) in [5, 5.41) is 3.60. The molecule has 0 aliphatic carbocycles. The topological polar surface area (TPSA) is 65.0 Å². The molecule has 1 N–H and O–H groups in total. The first kappa shape index (κ1) is 29.9. The summed E-state index contributed by atoms with van der Waals surface area (Å²) in [6, 6.07) is 21.4. The number of hydrogen-bond acceptors (Lipinski definition) is 4. The molecule has 42 heavy (non-hydrogen) atoms. The van der Waals surface area contributed by atoms with Crippen molar-refractivity contribution in [3.05, 3.63) is 99.5 Å². The Balaban J connectivity index is 1.47. The van der Waals surface area contributed by atoms with E-state index in [0.29, 0.717) is 27.1 Å². The Bertz CT molecular complexity index is 1490. The SMILES string of the molecule is CN1C(=O)C(NC(=O)C(Cc2ccc(Cl)c(Cl)c2)c2ccccc2)N=C(N2CCC(C(F)(F)F)CC2)c2ccccc21. The number of amidine groups is 1. The Morgan fingerprint density at radius 1 is 1.00 bits per heavy atom. The number of para-hydroxylation sites is 1. The number of halogens is 5. The van der Waals surface area contributed by atoms with Crippen LogP contribution in [0, 0.1) is 5.92 Å². The fraction of sp³-hybridized carbons (Fsp3) is 0.323. The molecule has 3 aromatic rings. The second-order valence-corrected chi connectivity index (χ2v) is 11.3. The molecule has 11 heteroatoms. The molecule has 0 aromatic heterocycles. The quantitative estimate of drug-likeness (QED) is 0.358. The molecule has 2 unspecified atom stereocenters. The summed E-state index contributed by atoms with van der Waals surface area (Å²) in [6.07, 6.45) is -5.42. The number of amides is 2. The number of likely N-dealkylation sites (tertiary alicyclic amines) is 1. The zero-order valence-corrected chi connectivity index (χ0v) is 24.3. The Labute approximate surface area is 252 Å². The molecule has 1 saturated heterocycles. The van der Waals surface area contributed by atoms with Gasteiger partial charge in [0.1, 0.15) is 5.84 Å². The van der Waals surface area contributed by atoms with Gasteiger partial charge in [-0.15, -0.1) is 0 Å². The molecule has 2 aliphatic heterocycles. The average molecular weight is 617 g/mol. The second kappa shape index (κ2) is 12.4. The van der Waals surface area contributed by atoms with Crippen LogP contribution in [0.15, 0.2) is 77.8 Å². The number of rotatable bonds is 5. The van der Waals surface area contributed by atoms with Gasteiger partial charge in [0.2, 0.25) is 12.1 Å². The molecule has 0 spiro atoms. The molecule has 2 aliphatic rings. The number of carbonyl (C=O) groups is 2. The zero-order valence-electron chi connectivity index (χ0n) is 22.7. The number of nitrogens with zero attached hydrogens (tertiary/aromatic N) is 3. The first-order valence-corrected chi connectivity index (χ1v) is 14.3. The second-order valence-electron chi connectivity index (χ2n) is 10.5. The van der Waals surface area contributed by atoms with E-state index in [1.807, 2.05) is 30.3 Å². The van der Waals surface area contributed by atoms with E-state index in [1.54, 1.807) is 54.4 Å². The molecule has 6 nitrogen and oxygen atoms in total.